The molecule has 0 aromatic heterocycles. The molecule has 0 bridgehead atoms. The van der Waals surface area contributed by atoms with E-state index in [0.717, 1.165) is 11.3 Å². The Kier molecular flexibility index (Phi) is 5.60. The monoisotopic (exact) mass is 295 g/mol. The second-order valence-corrected chi connectivity index (χ2v) is 4.75. The molecule has 0 amide bonds. The van der Waals surface area contributed by atoms with Crippen molar-refractivity contribution in [2.24, 2.45) is 9.98 Å². The van der Waals surface area contributed by atoms with Gasteiger partial charge >= 0.3 is 0 Å². The highest BCUT2D eigenvalue weighted by molar-refractivity contribution is 6.08. The lowest BCUT2D eigenvalue weighted by atomic mass is 10.1. The highest BCUT2D eigenvalue weighted by atomic mass is 19.1. The van der Waals surface area contributed by atoms with Crippen LogP contribution < -0.4 is 5.32 Å². The van der Waals surface area contributed by atoms with Gasteiger partial charge < -0.3 is 5.32 Å². The maximum absolute atomic E-state index is 13.0. The summed E-state index contributed by atoms with van der Waals surface area (Å²) in [5, 5.41) is 3.22. The predicted octanol–water partition coefficient (Wildman–Crippen LogP) is 4.21. The van der Waals surface area contributed by atoms with Crippen LogP contribution in [0.3, 0.4) is 0 Å². The summed E-state index contributed by atoms with van der Waals surface area (Å²) in [5.41, 5.74) is 3.75. The van der Waals surface area contributed by atoms with Crippen molar-refractivity contribution in [3.8, 4) is 0 Å². The number of hydrogen-bond donors (Lipinski definition) is 1. The Labute approximate surface area is 129 Å². The standard InChI is InChI=1S/C18H18FN3/c1-14-3-9-17(10-4-14)21-13-22-18(11-12-20-2)15-5-7-16(19)8-6-15/h3-12,21H,2,13H2,1H3/b12-11-,22-18+. The number of nitrogens with zero attached hydrogens (tertiary/aromatic N) is 2. The van der Waals surface area contributed by atoms with Crippen molar-refractivity contribution in [2.75, 3.05) is 12.0 Å². The van der Waals surface area contributed by atoms with Crippen molar-refractivity contribution in [3.63, 3.8) is 0 Å². The lowest BCUT2D eigenvalue weighted by molar-refractivity contribution is 0.628. The Morgan fingerprint density at radius 2 is 1.82 bits per heavy atom. The molecule has 2 aromatic rings. The van der Waals surface area contributed by atoms with Gasteiger partial charge in [0.15, 0.2) is 0 Å². The molecular weight excluding hydrogens is 277 g/mol. The van der Waals surface area contributed by atoms with E-state index in [0.29, 0.717) is 12.4 Å². The fourth-order valence-corrected chi connectivity index (χ4v) is 1.87. The van der Waals surface area contributed by atoms with Gasteiger partial charge in [-0.15, -0.1) is 0 Å². The van der Waals surface area contributed by atoms with Crippen molar-refractivity contribution in [1.82, 2.24) is 0 Å². The fourth-order valence-electron chi connectivity index (χ4n) is 1.87. The minimum absolute atomic E-state index is 0.272. The predicted molar refractivity (Wildman–Crippen MR) is 91.3 cm³/mol. The molecule has 0 fully saturated rings. The summed E-state index contributed by atoms with van der Waals surface area (Å²) < 4.78 is 13.0. The van der Waals surface area contributed by atoms with Crippen molar-refractivity contribution < 1.29 is 4.39 Å². The van der Waals surface area contributed by atoms with Crippen LogP contribution in [0.2, 0.25) is 0 Å². The van der Waals surface area contributed by atoms with Crippen molar-refractivity contribution in [1.29, 1.82) is 0 Å². The van der Waals surface area contributed by atoms with E-state index in [-0.39, 0.29) is 5.82 Å². The maximum Gasteiger partial charge on any atom is 0.123 e. The summed E-state index contributed by atoms with van der Waals surface area (Å²) in [5.74, 6) is -0.272. The Balaban J connectivity index is 2.11. The van der Waals surface area contributed by atoms with Crippen molar-refractivity contribution >= 4 is 18.1 Å². The fraction of sp³-hybridized carbons (Fsp3) is 0.111. The van der Waals surface area contributed by atoms with Crippen LogP contribution in [-0.2, 0) is 0 Å². The van der Waals surface area contributed by atoms with Gasteiger partial charge in [0.25, 0.3) is 0 Å². The minimum atomic E-state index is -0.272. The van der Waals surface area contributed by atoms with Gasteiger partial charge in [0.1, 0.15) is 12.5 Å². The van der Waals surface area contributed by atoms with Gasteiger partial charge in [-0.1, -0.05) is 17.7 Å². The Morgan fingerprint density at radius 1 is 1.14 bits per heavy atom. The minimum Gasteiger partial charge on any atom is -0.366 e. The normalized spacial score (nSPS) is 11.6. The zero-order chi connectivity index (χ0) is 15.8. The summed E-state index contributed by atoms with van der Waals surface area (Å²) in [6, 6.07) is 14.3. The average Bonchev–Trinajstić information content (AvgIpc) is 2.53. The maximum atomic E-state index is 13.0. The molecule has 0 heterocycles. The summed E-state index contributed by atoms with van der Waals surface area (Å²) in [4.78, 5) is 8.18. The van der Waals surface area contributed by atoms with E-state index in [1.807, 2.05) is 31.2 Å². The number of aliphatic imine (C=N–C) groups is 2. The Bertz CT molecular complexity index is 670. The zero-order valence-corrected chi connectivity index (χ0v) is 12.5. The second kappa shape index (κ2) is 7.88. The molecule has 22 heavy (non-hydrogen) atoms. The molecule has 0 aliphatic rings. The molecule has 0 saturated heterocycles. The van der Waals surface area contributed by atoms with E-state index in [4.69, 9.17) is 0 Å². The molecule has 0 aliphatic carbocycles. The first kappa shape index (κ1) is 15.6. The molecule has 3 nitrogen and oxygen atoms in total. The third kappa shape index (κ3) is 4.66. The summed E-state index contributed by atoms with van der Waals surface area (Å²) in [6.07, 6.45) is 3.31. The first-order chi connectivity index (χ1) is 10.7. The van der Waals surface area contributed by atoms with Crippen LogP contribution in [-0.4, -0.2) is 19.1 Å². The molecule has 0 radical (unpaired) electrons. The van der Waals surface area contributed by atoms with Gasteiger partial charge in [-0.3, -0.25) is 9.98 Å². The van der Waals surface area contributed by atoms with Crippen molar-refractivity contribution in [2.45, 2.75) is 6.92 Å². The van der Waals surface area contributed by atoms with E-state index >= 15 is 0 Å². The number of halogens is 1. The van der Waals surface area contributed by atoms with Crippen LogP contribution in [0.1, 0.15) is 11.1 Å². The summed E-state index contributed by atoms with van der Waals surface area (Å²) >= 11 is 0. The van der Waals surface area contributed by atoms with Crippen LogP contribution in [0.15, 0.2) is 70.8 Å². The average molecular weight is 295 g/mol. The van der Waals surface area contributed by atoms with Gasteiger partial charge in [0, 0.05) is 11.9 Å². The molecule has 0 unspecified atom stereocenters. The van der Waals surface area contributed by atoms with Crippen LogP contribution in [0.4, 0.5) is 10.1 Å². The smallest absolute Gasteiger partial charge is 0.123 e. The van der Waals surface area contributed by atoms with Gasteiger partial charge in [-0.2, -0.15) is 0 Å². The molecule has 112 valence electrons. The summed E-state index contributed by atoms with van der Waals surface area (Å²) in [7, 11) is 0. The quantitative estimate of drug-likeness (QED) is 0.796. The summed E-state index contributed by atoms with van der Waals surface area (Å²) in [6.45, 7) is 5.87. The lowest BCUT2D eigenvalue weighted by Crippen LogP contribution is -2.04. The number of nitrogens with one attached hydrogen (secondary N) is 1. The van der Waals surface area contributed by atoms with Gasteiger partial charge in [-0.25, -0.2) is 4.39 Å². The third-order valence-electron chi connectivity index (χ3n) is 3.06. The van der Waals surface area contributed by atoms with Gasteiger partial charge in [0.05, 0.1) is 5.71 Å². The molecule has 4 heteroatoms. The number of rotatable bonds is 6. The zero-order valence-electron chi connectivity index (χ0n) is 12.5. The van der Waals surface area contributed by atoms with Crippen LogP contribution >= 0.6 is 0 Å². The first-order valence-corrected chi connectivity index (χ1v) is 6.92. The third-order valence-corrected chi connectivity index (χ3v) is 3.06. The van der Waals surface area contributed by atoms with Crippen LogP contribution in [0.25, 0.3) is 0 Å². The van der Waals surface area contributed by atoms with Crippen LogP contribution in [0.5, 0.6) is 0 Å². The van der Waals surface area contributed by atoms with E-state index in [1.165, 1.54) is 17.7 Å². The van der Waals surface area contributed by atoms with E-state index < -0.39 is 0 Å². The Hall–Kier alpha value is -2.75. The molecule has 2 aromatic carbocycles. The van der Waals surface area contributed by atoms with Crippen LogP contribution in [0, 0.1) is 12.7 Å². The molecule has 0 aliphatic heterocycles. The van der Waals surface area contributed by atoms with E-state index in [1.54, 1.807) is 24.4 Å². The number of anilines is 1. The molecule has 0 atom stereocenters. The molecule has 0 saturated carbocycles. The number of aryl methyl sites for hydroxylation is 1. The number of allylic oxidation sites excluding steroid dienone is 1. The van der Waals surface area contributed by atoms with E-state index in [9.17, 15) is 4.39 Å². The SMILES string of the molecule is C=N/C=C\C(=N/CNc1ccc(C)cc1)c1ccc(F)cc1. The highest BCUT2D eigenvalue weighted by Gasteiger charge is 2.00. The lowest BCUT2D eigenvalue weighted by Gasteiger charge is -2.06. The Morgan fingerprint density at radius 3 is 2.45 bits per heavy atom. The first-order valence-electron chi connectivity index (χ1n) is 6.92. The number of hydrogen-bond acceptors (Lipinski definition) is 3. The molecular formula is C18H18FN3. The topological polar surface area (TPSA) is 36.8 Å². The highest BCUT2D eigenvalue weighted by Crippen LogP contribution is 2.09. The van der Waals surface area contributed by atoms with Gasteiger partial charge in [-0.05, 0) is 61.7 Å². The van der Waals surface area contributed by atoms with Crippen molar-refractivity contribution in [3.05, 3.63) is 77.8 Å². The van der Waals surface area contributed by atoms with Gasteiger partial charge in [0.2, 0.25) is 0 Å². The number of benzene rings is 2. The molecule has 0 spiro atoms. The largest absolute Gasteiger partial charge is 0.366 e. The molecule has 1 N–H and O–H groups in total. The van der Waals surface area contributed by atoms with E-state index in [2.05, 4.69) is 22.0 Å². The molecule has 2 rings (SSSR count). The second-order valence-electron chi connectivity index (χ2n) is 4.75.